The number of nitrogens with zero attached hydrogens (tertiary/aromatic N) is 1. The molecule has 25 heavy (non-hydrogen) atoms. The van der Waals surface area contributed by atoms with Gasteiger partial charge in [0.05, 0.1) is 10.9 Å². The average Bonchev–Trinajstić information content (AvgIpc) is 2.96. The van der Waals surface area contributed by atoms with Crippen LogP contribution < -0.4 is 15.7 Å². The number of carbonyl (C=O) groups is 1. The first-order valence-corrected chi connectivity index (χ1v) is 7.85. The number of benzene rings is 3. The van der Waals surface area contributed by atoms with Crippen LogP contribution in [0.5, 0.6) is 0 Å². The van der Waals surface area contributed by atoms with E-state index in [1.165, 1.54) is 0 Å². The maximum Gasteiger partial charge on any atom is 0.433 e. The summed E-state index contributed by atoms with van der Waals surface area (Å²) in [4.78, 5) is 30.1. The van der Waals surface area contributed by atoms with Gasteiger partial charge in [0.25, 0.3) is 0 Å². The van der Waals surface area contributed by atoms with E-state index in [-0.39, 0.29) is 0 Å². The summed E-state index contributed by atoms with van der Waals surface area (Å²) < 4.78 is 0. The Hall–Kier alpha value is -3.54. The number of aromatic nitrogens is 2. The fourth-order valence-electron chi connectivity index (χ4n) is 2.83. The molecule has 4 rings (SSSR count). The van der Waals surface area contributed by atoms with Crippen LogP contribution >= 0.6 is 0 Å². The molecule has 0 aliphatic heterocycles. The normalized spacial score (nSPS) is 10.9. The molecule has 0 aliphatic rings. The van der Waals surface area contributed by atoms with Crippen LogP contribution in [0.25, 0.3) is 21.7 Å². The molecule has 6 heteroatoms. The van der Waals surface area contributed by atoms with Gasteiger partial charge in [-0.3, -0.25) is 14.7 Å². The highest BCUT2D eigenvalue weighted by Gasteiger charge is 2.11. The topological polar surface area (TPSA) is 76.1 Å². The number of amides is 1. The molecular formula is C19H15N3O3. The lowest BCUT2D eigenvalue weighted by Crippen LogP contribution is -2.36. The van der Waals surface area contributed by atoms with Gasteiger partial charge in [-0.2, -0.15) is 0 Å². The third-order valence-electron chi connectivity index (χ3n) is 4.04. The van der Waals surface area contributed by atoms with Gasteiger partial charge >= 0.3 is 11.7 Å². The maximum atomic E-state index is 12.1. The smallest absolute Gasteiger partial charge is 0.315 e. The van der Waals surface area contributed by atoms with Gasteiger partial charge in [0.1, 0.15) is 0 Å². The van der Waals surface area contributed by atoms with E-state index in [2.05, 4.69) is 10.4 Å². The number of hydrogen-bond donors (Lipinski definition) is 2. The van der Waals surface area contributed by atoms with Crippen LogP contribution in [0, 0.1) is 0 Å². The fraction of sp³-hybridized carbons (Fsp3) is 0.0526. The van der Waals surface area contributed by atoms with Gasteiger partial charge in [-0.15, -0.1) is 0 Å². The van der Waals surface area contributed by atoms with Gasteiger partial charge in [-0.1, -0.05) is 59.4 Å². The molecule has 6 nitrogen and oxygen atoms in total. The third kappa shape index (κ3) is 2.85. The minimum absolute atomic E-state index is 0.301. The fourth-order valence-corrected chi connectivity index (χ4v) is 2.83. The second-order valence-corrected chi connectivity index (χ2v) is 5.63. The van der Waals surface area contributed by atoms with Crippen molar-refractivity contribution in [3.05, 3.63) is 82.6 Å². The van der Waals surface area contributed by atoms with Gasteiger partial charge in [0.2, 0.25) is 0 Å². The zero-order valence-electron chi connectivity index (χ0n) is 13.2. The number of rotatable bonds is 3. The van der Waals surface area contributed by atoms with Crippen LogP contribution in [-0.4, -0.2) is 16.0 Å². The summed E-state index contributed by atoms with van der Waals surface area (Å²) >= 11 is 0. The van der Waals surface area contributed by atoms with Crippen molar-refractivity contribution < 1.29 is 9.63 Å². The lowest BCUT2D eigenvalue weighted by molar-refractivity contribution is 0.112. The Kier molecular flexibility index (Phi) is 3.70. The van der Waals surface area contributed by atoms with E-state index in [0.29, 0.717) is 17.4 Å². The van der Waals surface area contributed by atoms with Crippen molar-refractivity contribution in [3.63, 3.8) is 0 Å². The highest BCUT2D eigenvalue weighted by Crippen LogP contribution is 2.18. The highest BCUT2D eigenvalue weighted by molar-refractivity contribution is 5.86. The molecule has 0 bridgehead atoms. The number of H-pyrrole nitrogens is 1. The van der Waals surface area contributed by atoms with Gasteiger partial charge in [-0.25, -0.2) is 4.79 Å². The Morgan fingerprint density at radius 1 is 0.960 bits per heavy atom. The van der Waals surface area contributed by atoms with Crippen molar-refractivity contribution in [2.75, 3.05) is 0 Å². The van der Waals surface area contributed by atoms with Crippen LogP contribution in [0.4, 0.5) is 4.79 Å². The lowest BCUT2D eigenvalue weighted by atomic mass is 10.0. The predicted molar refractivity (Wildman–Crippen MR) is 95.3 cm³/mol. The standard InChI is InChI=1S/C19H15N3O3/c23-18-16-10-3-4-11-17(16)21-22(18)25-19(24)20-12-14-8-5-7-13-6-1-2-9-15(13)14/h1-11,21H,12H2,(H,20,24). The largest absolute Gasteiger partial charge is 0.433 e. The van der Waals surface area contributed by atoms with Gasteiger partial charge in [0.15, 0.2) is 0 Å². The van der Waals surface area contributed by atoms with E-state index < -0.39 is 11.7 Å². The Morgan fingerprint density at radius 2 is 1.68 bits per heavy atom. The average molecular weight is 333 g/mol. The molecule has 0 aliphatic carbocycles. The molecule has 0 unspecified atom stereocenters. The second-order valence-electron chi connectivity index (χ2n) is 5.63. The molecule has 3 aromatic carbocycles. The van der Waals surface area contributed by atoms with E-state index in [1.54, 1.807) is 24.3 Å². The summed E-state index contributed by atoms with van der Waals surface area (Å²) in [6.07, 6.45) is -0.707. The Labute approximate surface area is 142 Å². The van der Waals surface area contributed by atoms with Crippen LogP contribution in [0.2, 0.25) is 0 Å². The van der Waals surface area contributed by atoms with Crippen molar-refractivity contribution in [2.24, 2.45) is 0 Å². The van der Waals surface area contributed by atoms with Crippen molar-refractivity contribution in [1.29, 1.82) is 0 Å². The SMILES string of the molecule is O=C(NCc1cccc2ccccc12)On1[nH]c2ccccc2c1=O. The molecule has 1 aromatic heterocycles. The Bertz CT molecular complexity index is 1120. The third-order valence-corrected chi connectivity index (χ3v) is 4.04. The molecule has 0 radical (unpaired) electrons. The number of aromatic amines is 1. The van der Waals surface area contributed by atoms with E-state index >= 15 is 0 Å². The highest BCUT2D eigenvalue weighted by atomic mass is 16.7. The van der Waals surface area contributed by atoms with Crippen LogP contribution in [0.1, 0.15) is 5.56 Å². The van der Waals surface area contributed by atoms with Crippen molar-refractivity contribution >= 4 is 27.8 Å². The van der Waals surface area contributed by atoms with Crippen molar-refractivity contribution in [1.82, 2.24) is 15.3 Å². The number of nitrogens with one attached hydrogen (secondary N) is 2. The first kappa shape index (κ1) is 15.0. The molecule has 0 fully saturated rings. The minimum Gasteiger partial charge on any atom is -0.315 e. The molecule has 4 aromatic rings. The molecular weight excluding hydrogens is 318 g/mol. The molecule has 2 N–H and O–H groups in total. The molecule has 124 valence electrons. The summed E-state index contributed by atoms with van der Waals surface area (Å²) in [5.74, 6) is 0. The zero-order chi connectivity index (χ0) is 17.2. The number of carbonyl (C=O) groups excluding carboxylic acids is 1. The van der Waals surface area contributed by atoms with Gasteiger partial charge < -0.3 is 5.32 Å². The Morgan fingerprint density at radius 3 is 2.52 bits per heavy atom. The number of fused-ring (bicyclic) bond motifs is 2. The van der Waals surface area contributed by atoms with Gasteiger partial charge in [0, 0.05) is 6.54 Å². The lowest BCUT2D eigenvalue weighted by Gasteiger charge is -2.08. The zero-order valence-corrected chi connectivity index (χ0v) is 13.2. The summed E-state index contributed by atoms with van der Waals surface area (Å²) in [5, 5.41) is 8.04. The summed E-state index contributed by atoms with van der Waals surface area (Å²) in [7, 11) is 0. The molecule has 0 spiro atoms. The Balaban J connectivity index is 1.50. The first-order valence-electron chi connectivity index (χ1n) is 7.85. The maximum absolute atomic E-state index is 12.1. The van der Waals surface area contributed by atoms with Crippen LogP contribution in [-0.2, 0) is 6.54 Å². The summed E-state index contributed by atoms with van der Waals surface area (Å²) in [6.45, 7) is 0.301. The first-order chi connectivity index (χ1) is 12.2. The minimum atomic E-state index is -0.707. The van der Waals surface area contributed by atoms with E-state index in [9.17, 15) is 9.59 Å². The van der Waals surface area contributed by atoms with E-state index in [0.717, 1.165) is 21.2 Å². The number of hydrogen-bond acceptors (Lipinski definition) is 3. The van der Waals surface area contributed by atoms with E-state index in [4.69, 9.17) is 4.84 Å². The van der Waals surface area contributed by atoms with Crippen molar-refractivity contribution in [3.8, 4) is 0 Å². The molecule has 1 amide bonds. The predicted octanol–water partition coefficient (Wildman–Crippen LogP) is 2.82. The quantitative estimate of drug-likeness (QED) is 0.605. The van der Waals surface area contributed by atoms with Gasteiger partial charge in [-0.05, 0) is 28.5 Å². The van der Waals surface area contributed by atoms with E-state index in [1.807, 2.05) is 42.5 Å². The molecule has 0 atom stereocenters. The van der Waals surface area contributed by atoms with Crippen molar-refractivity contribution in [2.45, 2.75) is 6.54 Å². The second kappa shape index (κ2) is 6.16. The van der Waals surface area contributed by atoms with Crippen LogP contribution in [0.15, 0.2) is 71.5 Å². The monoisotopic (exact) mass is 333 g/mol. The molecule has 0 saturated heterocycles. The molecule has 0 saturated carbocycles. The number of para-hydroxylation sites is 1. The van der Waals surface area contributed by atoms with Crippen LogP contribution in [0.3, 0.4) is 0 Å². The molecule has 1 heterocycles. The summed E-state index contributed by atoms with van der Waals surface area (Å²) in [5.41, 5.74) is 1.17. The summed E-state index contributed by atoms with van der Waals surface area (Å²) in [6, 6.07) is 20.8.